The smallest absolute Gasteiger partial charge is 0.726 e. The first-order chi connectivity index (χ1) is 11.5. The van der Waals surface area contributed by atoms with Crippen LogP contribution in [0, 0.1) is 0 Å². The molecule has 0 spiro atoms. The predicted molar refractivity (Wildman–Crippen MR) is 82.4 cm³/mol. The summed E-state index contributed by atoms with van der Waals surface area (Å²) in [6.45, 7) is 2.68. The van der Waals surface area contributed by atoms with Crippen molar-refractivity contribution in [3.63, 3.8) is 0 Å². The Morgan fingerprint density at radius 3 is 2.58 bits per heavy atom. The second-order valence-electron chi connectivity index (χ2n) is 5.97. The van der Waals surface area contributed by atoms with Crippen LogP contribution in [-0.4, -0.2) is 53.2 Å². The third kappa shape index (κ3) is 4.93. The molecule has 3 heterocycles. The van der Waals surface area contributed by atoms with E-state index in [1.54, 1.807) is 13.8 Å². The molecule has 2 aliphatic heterocycles. The number of hydrogen-bond acceptors (Lipinski definition) is 9. The van der Waals surface area contributed by atoms with E-state index in [1.807, 2.05) is 0 Å². The second-order valence-corrected chi connectivity index (χ2v) is 7.87. The number of rotatable bonds is 4. The molecule has 1 aromatic rings. The van der Waals surface area contributed by atoms with Gasteiger partial charge in [-0.1, -0.05) is 0 Å². The monoisotopic (exact) mass is 480 g/mol. The van der Waals surface area contributed by atoms with Gasteiger partial charge >= 0.3 is 57.1 Å². The molecule has 1 N–H and O–H groups in total. The van der Waals surface area contributed by atoms with Gasteiger partial charge in [0.05, 0.1) is 11.1 Å². The van der Waals surface area contributed by atoms with E-state index in [9.17, 15) is 22.6 Å². The van der Waals surface area contributed by atoms with Gasteiger partial charge in [0, 0.05) is 6.20 Å². The quantitative estimate of drug-likeness (QED) is 0.260. The number of halogens is 1. The maximum atomic E-state index is 12.1. The van der Waals surface area contributed by atoms with Gasteiger partial charge in [-0.2, -0.15) is 0 Å². The molecule has 14 heteroatoms. The van der Waals surface area contributed by atoms with Crippen molar-refractivity contribution in [1.82, 2.24) is 9.55 Å². The van der Waals surface area contributed by atoms with Crippen LogP contribution < -0.4 is 62.6 Å². The summed E-state index contributed by atoms with van der Waals surface area (Å²) in [5.74, 6) is -1.02. The average molecular weight is 481 g/mol. The number of aromatic nitrogens is 2. The summed E-state index contributed by atoms with van der Waals surface area (Å²) in [6.07, 6.45) is -2.33. The van der Waals surface area contributed by atoms with Crippen LogP contribution in [0.2, 0.25) is 0 Å². The summed E-state index contributed by atoms with van der Waals surface area (Å²) in [5.41, 5.74) is -1.36. The van der Waals surface area contributed by atoms with Gasteiger partial charge in [-0.3, -0.25) is 18.5 Å². The van der Waals surface area contributed by atoms with E-state index in [1.165, 1.54) is 6.20 Å². The number of hydrogen-bond donors (Lipinski definition) is 1. The summed E-state index contributed by atoms with van der Waals surface area (Å²) in [7, 11) is -4.92. The van der Waals surface area contributed by atoms with Crippen molar-refractivity contribution in [1.29, 1.82) is 0 Å². The molecule has 1 aromatic heterocycles. The van der Waals surface area contributed by atoms with E-state index in [-0.39, 0.29) is 55.9 Å². The molecular weight excluding hydrogens is 467 g/mol. The molecule has 4 atom stereocenters. The van der Waals surface area contributed by atoms with Crippen LogP contribution in [0.15, 0.2) is 20.3 Å². The van der Waals surface area contributed by atoms with Crippen molar-refractivity contribution >= 4 is 26.3 Å². The van der Waals surface area contributed by atoms with Crippen molar-refractivity contribution in [3.8, 4) is 0 Å². The molecule has 0 saturated carbocycles. The molecule has 2 saturated heterocycles. The first-order valence-electron chi connectivity index (χ1n) is 7.09. The van der Waals surface area contributed by atoms with E-state index in [0.717, 1.165) is 4.57 Å². The zero-order chi connectivity index (χ0) is 18.6. The number of nitrogens with zero attached hydrogens (tertiary/aromatic N) is 1. The molecule has 11 nitrogen and oxygen atoms in total. The Hall–Kier alpha value is 0.546. The third-order valence-electron chi connectivity index (χ3n) is 3.70. The minimum Gasteiger partial charge on any atom is -0.726 e. The molecule has 26 heavy (non-hydrogen) atoms. The Kier molecular flexibility index (Phi) is 7.13. The summed E-state index contributed by atoms with van der Waals surface area (Å²) in [6, 6.07) is 0. The van der Waals surface area contributed by atoms with E-state index in [0.29, 0.717) is 0 Å². The van der Waals surface area contributed by atoms with E-state index in [4.69, 9.17) is 14.2 Å². The number of ether oxygens (including phenoxy) is 3. The largest absolute Gasteiger partial charge is 1.00 e. The molecule has 0 unspecified atom stereocenters. The van der Waals surface area contributed by atoms with Crippen molar-refractivity contribution in [2.45, 2.75) is 44.2 Å². The predicted octanol–water partition coefficient (Wildman–Crippen LogP) is -3.80. The van der Waals surface area contributed by atoms with Crippen LogP contribution in [0.25, 0.3) is 0 Å². The van der Waals surface area contributed by atoms with Crippen molar-refractivity contribution in [3.05, 3.63) is 31.5 Å². The first kappa shape index (κ1) is 22.8. The van der Waals surface area contributed by atoms with Crippen molar-refractivity contribution < 1.29 is 82.7 Å². The summed E-state index contributed by atoms with van der Waals surface area (Å²) in [5, 5.41) is 0. The molecule has 0 bridgehead atoms. The Labute approximate surface area is 198 Å². The van der Waals surface area contributed by atoms with E-state index < -0.39 is 58.6 Å². The normalized spacial score (nSPS) is 30.0. The van der Waals surface area contributed by atoms with Gasteiger partial charge in [0.15, 0.2) is 12.0 Å². The Balaban J connectivity index is 0.00000243. The third-order valence-corrected chi connectivity index (χ3v) is 4.69. The summed E-state index contributed by atoms with van der Waals surface area (Å²) < 4.78 is 54.5. The van der Waals surface area contributed by atoms with Crippen LogP contribution in [0.1, 0.15) is 20.1 Å². The van der Waals surface area contributed by atoms with Gasteiger partial charge in [0.1, 0.15) is 18.3 Å². The fourth-order valence-corrected chi connectivity index (χ4v) is 3.44. The standard InChI is InChI=1S/C12H15BrN2O9S.K/c1-12(2)23-7-6(4-21-25(18,19)20)22-10(8(7)24-12)15-3-5(13)9(16)14-11(15)17;/h3,6-8,10H,4H2,1-2H3,(H,14,16,17)(H,18,19,20);/q;+1/p-1/t6-,7-,8-,10-;/m1./s1. The van der Waals surface area contributed by atoms with Gasteiger partial charge in [0.25, 0.3) is 5.56 Å². The number of fused-ring (bicyclic) bond motifs is 1. The fraction of sp³-hybridized carbons (Fsp3) is 0.667. The molecule has 2 fully saturated rings. The summed E-state index contributed by atoms with van der Waals surface area (Å²) in [4.78, 5) is 25.7. The molecule has 0 aliphatic carbocycles. The first-order valence-corrected chi connectivity index (χ1v) is 9.22. The number of aromatic amines is 1. The van der Waals surface area contributed by atoms with Crippen molar-refractivity contribution in [2.24, 2.45) is 0 Å². The molecule has 0 radical (unpaired) electrons. The number of nitrogens with one attached hydrogen (secondary N) is 1. The molecule has 0 aromatic carbocycles. The van der Waals surface area contributed by atoms with Crippen LogP contribution >= 0.6 is 15.9 Å². The van der Waals surface area contributed by atoms with Crippen molar-refractivity contribution in [2.75, 3.05) is 6.61 Å². The van der Waals surface area contributed by atoms with E-state index in [2.05, 4.69) is 25.1 Å². The topological polar surface area (TPSA) is 149 Å². The minimum atomic E-state index is -4.92. The molecule has 3 rings (SSSR count). The van der Waals surface area contributed by atoms with Gasteiger partial charge in [-0.25, -0.2) is 13.2 Å². The fourth-order valence-electron chi connectivity index (χ4n) is 2.82. The second kappa shape index (κ2) is 8.12. The van der Waals surface area contributed by atoms with Gasteiger partial charge < -0.3 is 18.8 Å². The average Bonchev–Trinajstić information content (AvgIpc) is 2.93. The molecule has 140 valence electrons. The zero-order valence-corrected chi connectivity index (χ0v) is 19.5. The SMILES string of the molecule is CC1(C)O[C@@H]2[C@H](O1)[C@@H](COS(=O)(=O)[O-])O[C@H]2n1cc(Br)c(=O)[nH]c1=O.[K+]. The van der Waals surface area contributed by atoms with Crippen LogP contribution in [0.4, 0.5) is 0 Å². The van der Waals surface area contributed by atoms with E-state index >= 15 is 0 Å². The maximum Gasteiger partial charge on any atom is 1.00 e. The zero-order valence-electron chi connectivity index (χ0n) is 14.0. The Morgan fingerprint density at radius 2 is 1.96 bits per heavy atom. The summed E-state index contributed by atoms with van der Waals surface area (Å²) >= 11 is 3.02. The van der Waals surface area contributed by atoms with Crippen LogP contribution in [-0.2, 0) is 28.8 Å². The molecular formula is C12H14BrKN2O9S. The number of H-pyrrole nitrogens is 1. The van der Waals surface area contributed by atoms with Gasteiger partial charge in [0.2, 0.25) is 10.4 Å². The Morgan fingerprint density at radius 1 is 1.35 bits per heavy atom. The van der Waals surface area contributed by atoms with Crippen LogP contribution in [0.5, 0.6) is 0 Å². The van der Waals surface area contributed by atoms with Crippen LogP contribution in [0.3, 0.4) is 0 Å². The van der Waals surface area contributed by atoms with Gasteiger partial charge in [-0.05, 0) is 29.8 Å². The molecule has 2 aliphatic rings. The Bertz CT molecular complexity index is 899. The maximum absolute atomic E-state index is 12.1. The van der Waals surface area contributed by atoms with Gasteiger partial charge in [-0.15, -0.1) is 0 Å². The molecule has 0 amide bonds. The minimum absolute atomic E-state index is 0.